The van der Waals surface area contributed by atoms with Gasteiger partial charge in [-0.3, -0.25) is 4.79 Å². The maximum absolute atomic E-state index is 11.7. The molecule has 1 aliphatic carbocycles. The fourth-order valence-corrected chi connectivity index (χ4v) is 1.91. The number of carbonyl (C=O) groups excluding carboxylic acids is 1. The second-order valence-electron chi connectivity index (χ2n) is 5.78. The number of aliphatic hydroxyl groups is 1. The SMILES string of the molecule is CC1CC(NC(=O)C(C)(C)C)CCC1O. The standard InChI is InChI=1S/C12H23NO2/c1-8-7-9(5-6-10(8)14)13-11(15)12(2,3)4/h8-10,14H,5-7H2,1-4H3,(H,13,15). The summed E-state index contributed by atoms with van der Waals surface area (Å²) in [6.07, 6.45) is 2.40. The van der Waals surface area contributed by atoms with E-state index in [9.17, 15) is 9.90 Å². The van der Waals surface area contributed by atoms with E-state index in [1.165, 1.54) is 0 Å². The van der Waals surface area contributed by atoms with Gasteiger partial charge in [0, 0.05) is 11.5 Å². The van der Waals surface area contributed by atoms with Crippen molar-refractivity contribution in [2.24, 2.45) is 11.3 Å². The van der Waals surface area contributed by atoms with E-state index >= 15 is 0 Å². The van der Waals surface area contributed by atoms with Gasteiger partial charge in [0.05, 0.1) is 6.10 Å². The molecule has 1 saturated carbocycles. The van der Waals surface area contributed by atoms with Crippen LogP contribution in [0.5, 0.6) is 0 Å². The normalized spacial score (nSPS) is 32.5. The maximum Gasteiger partial charge on any atom is 0.225 e. The van der Waals surface area contributed by atoms with Gasteiger partial charge in [0.1, 0.15) is 0 Å². The highest BCUT2D eigenvalue weighted by Gasteiger charge is 2.29. The summed E-state index contributed by atoms with van der Waals surface area (Å²) < 4.78 is 0. The van der Waals surface area contributed by atoms with E-state index in [0.717, 1.165) is 19.3 Å². The Bertz CT molecular complexity index is 232. The molecule has 1 amide bonds. The van der Waals surface area contributed by atoms with Crippen LogP contribution in [0.15, 0.2) is 0 Å². The molecule has 0 aromatic rings. The minimum absolute atomic E-state index is 0.107. The molecule has 0 aromatic heterocycles. The highest BCUT2D eigenvalue weighted by molar-refractivity contribution is 5.81. The van der Waals surface area contributed by atoms with Crippen LogP contribution in [0.25, 0.3) is 0 Å². The summed E-state index contributed by atoms with van der Waals surface area (Å²) in [5.74, 6) is 0.403. The fourth-order valence-electron chi connectivity index (χ4n) is 1.91. The molecular formula is C12H23NO2. The zero-order chi connectivity index (χ0) is 11.6. The Labute approximate surface area is 92.3 Å². The summed E-state index contributed by atoms with van der Waals surface area (Å²) in [6, 6.07) is 0.245. The first-order chi connectivity index (χ1) is 6.80. The first kappa shape index (κ1) is 12.5. The zero-order valence-electron chi connectivity index (χ0n) is 10.2. The molecule has 3 unspecified atom stereocenters. The third-order valence-electron chi connectivity index (χ3n) is 3.14. The summed E-state index contributed by atoms with van der Waals surface area (Å²) in [4.78, 5) is 11.7. The average molecular weight is 213 g/mol. The molecule has 0 bridgehead atoms. The molecule has 0 radical (unpaired) electrons. The van der Waals surface area contributed by atoms with Crippen LogP contribution in [0.4, 0.5) is 0 Å². The number of nitrogens with one attached hydrogen (secondary N) is 1. The molecule has 0 spiro atoms. The van der Waals surface area contributed by atoms with Gasteiger partial charge >= 0.3 is 0 Å². The molecule has 2 N–H and O–H groups in total. The fraction of sp³-hybridized carbons (Fsp3) is 0.917. The highest BCUT2D eigenvalue weighted by atomic mass is 16.3. The summed E-state index contributed by atoms with van der Waals surface area (Å²) in [5, 5.41) is 12.6. The van der Waals surface area contributed by atoms with E-state index in [4.69, 9.17) is 0 Å². The molecule has 3 atom stereocenters. The molecule has 0 heterocycles. The van der Waals surface area contributed by atoms with Crippen LogP contribution in [0, 0.1) is 11.3 Å². The van der Waals surface area contributed by atoms with Gasteiger partial charge in [0.25, 0.3) is 0 Å². The molecular weight excluding hydrogens is 190 g/mol. The summed E-state index contributed by atoms with van der Waals surface area (Å²) >= 11 is 0. The number of carbonyl (C=O) groups is 1. The number of amides is 1. The minimum atomic E-state index is -0.320. The lowest BCUT2D eigenvalue weighted by Crippen LogP contribution is -2.45. The smallest absolute Gasteiger partial charge is 0.225 e. The third-order valence-corrected chi connectivity index (χ3v) is 3.14. The summed E-state index contributed by atoms with van der Waals surface area (Å²) in [6.45, 7) is 7.80. The molecule has 1 rings (SSSR count). The monoisotopic (exact) mass is 213 g/mol. The van der Waals surface area contributed by atoms with E-state index < -0.39 is 0 Å². The molecule has 1 fully saturated rings. The molecule has 15 heavy (non-hydrogen) atoms. The molecule has 3 nitrogen and oxygen atoms in total. The molecule has 3 heteroatoms. The molecule has 0 aliphatic heterocycles. The van der Waals surface area contributed by atoms with Gasteiger partial charge < -0.3 is 10.4 Å². The van der Waals surface area contributed by atoms with Crippen molar-refractivity contribution in [1.29, 1.82) is 0 Å². The minimum Gasteiger partial charge on any atom is -0.393 e. The number of aliphatic hydroxyl groups excluding tert-OH is 1. The van der Waals surface area contributed by atoms with Crippen molar-refractivity contribution in [2.45, 2.75) is 59.1 Å². The van der Waals surface area contributed by atoms with Crippen molar-refractivity contribution in [3.8, 4) is 0 Å². The largest absolute Gasteiger partial charge is 0.393 e. The van der Waals surface area contributed by atoms with Crippen LogP contribution in [0.1, 0.15) is 47.0 Å². The summed E-state index contributed by atoms with van der Waals surface area (Å²) in [5.41, 5.74) is -0.320. The van der Waals surface area contributed by atoms with Crippen molar-refractivity contribution in [1.82, 2.24) is 5.32 Å². The topological polar surface area (TPSA) is 49.3 Å². The lowest BCUT2D eigenvalue weighted by molar-refractivity contribution is -0.129. The van der Waals surface area contributed by atoms with Crippen LogP contribution >= 0.6 is 0 Å². The Hall–Kier alpha value is -0.570. The van der Waals surface area contributed by atoms with Crippen LogP contribution < -0.4 is 5.32 Å². The predicted molar refractivity (Wildman–Crippen MR) is 60.4 cm³/mol. The Balaban J connectivity index is 2.44. The second-order valence-corrected chi connectivity index (χ2v) is 5.78. The quantitative estimate of drug-likeness (QED) is 0.696. The average Bonchev–Trinajstić information content (AvgIpc) is 2.10. The second kappa shape index (κ2) is 4.52. The van der Waals surface area contributed by atoms with Crippen molar-refractivity contribution >= 4 is 5.91 Å². The predicted octanol–water partition coefficient (Wildman–Crippen LogP) is 1.70. The Morgan fingerprint density at radius 2 is 1.93 bits per heavy atom. The first-order valence-corrected chi connectivity index (χ1v) is 5.79. The van der Waals surface area contributed by atoms with Gasteiger partial charge in [0.15, 0.2) is 0 Å². The first-order valence-electron chi connectivity index (χ1n) is 5.79. The van der Waals surface area contributed by atoms with E-state index in [2.05, 4.69) is 5.32 Å². The van der Waals surface area contributed by atoms with Gasteiger partial charge in [-0.15, -0.1) is 0 Å². The lowest BCUT2D eigenvalue weighted by Gasteiger charge is -2.33. The lowest BCUT2D eigenvalue weighted by atomic mass is 9.84. The molecule has 0 aromatic carbocycles. The number of hydrogen-bond donors (Lipinski definition) is 2. The van der Waals surface area contributed by atoms with Crippen LogP contribution in [-0.2, 0) is 4.79 Å². The Kier molecular flexibility index (Phi) is 3.77. The summed E-state index contributed by atoms with van der Waals surface area (Å²) in [7, 11) is 0. The van der Waals surface area contributed by atoms with Gasteiger partial charge in [0.2, 0.25) is 5.91 Å². The van der Waals surface area contributed by atoms with Gasteiger partial charge in [-0.2, -0.15) is 0 Å². The van der Waals surface area contributed by atoms with E-state index in [0.29, 0.717) is 5.92 Å². The van der Waals surface area contributed by atoms with Gasteiger partial charge in [-0.1, -0.05) is 27.7 Å². The van der Waals surface area contributed by atoms with Crippen LogP contribution in [0.2, 0.25) is 0 Å². The van der Waals surface area contributed by atoms with Crippen molar-refractivity contribution in [3.05, 3.63) is 0 Å². The molecule has 88 valence electrons. The van der Waals surface area contributed by atoms with Gasteiger partial charge in [-0.25, -0.2) is 0 Å². The molecule has 1 aliphatic rings. The van der Waals surface area contributed by atoms with Gasteiger partial charge in [-0.05, 0) is 25.2 Å². The number of rotatable bonds is 1. The van der Waals surface area contributed by atoms with E-state index in [1.54, 1.807) is 0 Å². The van der Waals surface area contributed by atoms with Crippen molar-refractivity contribution < 1.29 is 9.90 Å². The third kappa shape index (κ3) is 3.49. The molecule has 0 saturated heterocycles. The van der Waals surface area contributed by atoms with E-state index in [1.807, 2.05) is 27.7 Å². The van der Waals surface area contributed by atoms with E-state index in [-0.39, 0.29) is 23.5 Å². The van der Waals surface area contributed by atoms with Crippen LogP contribution in [0.3, 0.4) is 0 Å². The van der Waals surface area contributed by atoms with Crippen molar-refractivity contribution in [3.63, 3.8) is 0 Å². The van der Waals surface area contributed by atoms with Crippen LogP contribution in [-0.4, -0.2) is 23.2 Å². The Morgan fingerprint density at radius 3 is 2.40 bits per heavy atom. The highest BCUT2D eigenvalue weighted by Crippen LogP contribution is 2.25. The number of hydrogen-bond acceptors (Lipinski definition) is 2. The van der Waals surface area contributed by atoms with Crippen molar-refractivity contribution in [2.75, 3.05) is 0 Å². The zero-order valence-corrected chi connectivity index (χ0v) is 10.2. The Morgan fingerprint density at radius 1 is 1.33 bits per heavy atom. The maximum atomic E-state index is 11.7.